The van der Waals surface area contributed by atoms with E-state index in [0.717, 1.165) is 82.6 Å². The van der Waals surface area contributed by atoms with E-state index < -0.39 is 17.6 Å². The second-order valence-corrected chi connectivity index (χ2v) is 22.8. The third-order valence-corrected chi connectivity index (χ3v) is 18.8. The molecule has 0 aliphatic carbocycles. The number of rotatable bonds is 1. The quantitative estimate of drug-likeness (QED) is 0.152. The van der Waals surface area contributed by atoms with Gasteiger partial charge in [-0.3, -0.25) is 0 Å². The molecule has 16 bridgehead atoms. The van der Waals surface area contributed by atoms with E-state index in [1.807, 2.05) is 12.1 Å². The Morgan fingerprint density at radius 2 is 0.623 bits per heavy atom. The van der Waals surface area contributed by atoms with Crippen LogP contribution in [0.2, 0.25) is 0 Å². The van der Waals surface area contributed by atoms with Crippen molar-refractivity contribution in [2.45, 2.75) is 25.7 Å². The molecule has 0 N–H and O–H groups in total. The first-order chi connectivity index (χ1) is 38.2. The van der Waals surface area contributed by atoms with Gasteiger partial charge in [0.05, 0.1) is 0 Å². The number of hydrogen-bond acceptors (Lipinski definition) is 6. The van der Waals surface area contributed by atoms with Crippen LogP contribution >= 0.6 is 0 Å². The third kappa shape index (κ3) is 7.20. The summed E-state index contributed by atoms with van der Waals surface area (Å²) in [5, 5.41) is 0. The Morgan fingerprint density at radius 3 is 0.961 bits per heavy atom. The summed E-state index contributed by atoms with van der Waals surface area (Å²) in [6.07, 6.45) is 5.51. The molecule has 0 saturated heterocycles. The van der Waals surface area contributed by atoms with Crippen molar-refractivity contribution in [3.63, 3.8) is 0 Å². The van der Waals surface area contributed by atoms with E-state index in [1.54, 1.807) is 6.26 Å². The minimum absolute atomic E-state index is 0.677. The van der Waals surface area contributed by atoms with E-state index >= 15 is 0 Å². The fourth-order valence-corrected chi connectivity index (χ4v) is 15.6. The molecule has 11 aromatic rings. The summed E-state index contributed by atoms with van der Waals surface area (Å²) in [6, 6.07) is 94.3. The van der Waals surface area contributed by atoms with Crippen molar-refractivity contribution in [3.05, 3.63) is 271 Å². The van der Waals surface area contributed by atoms with Gasteiger partial charge in [-0.05, 0) is 0 Å². The first-order valence-corrected chi connectivity index (χ1v) is 28.7. The number of anilines is 11. The second-order valence-electron chi connectivity index (χ2n) is 20.2. The van der Waals surface area contributed by atoms with E-state index in [-0.39, 0.29) is 0 Å². The third-order valence-electron chi connectivity index (χ3n) is 15.8. The Bertz CT molecular complexity index is 3830. The molecule has 0 unspecified atom stereocenters. The normalized spacial score (nSPS) is 14.7. The maximum atomic E-state index is 6.32. The Hall–Kier alpha value is -9.09. The van der Waals surface area contributed by atoms with Crippen LogP contribution in [0, 0.1) is 12.1 Å². The van der Waals surface area contributed by atoms with Crippen LogP contribution in [0.15, 0.2) is 241 Å². The van der Waals surface area contributed by atoms with Gasteiger partial charge in [0.2, 0.25) is 0 Å². The van der Waals surface area contributed by atoms with Crippen molar-refractivity contribution in [3.8, 4) is 44.5 Å². The minimum atomic E-state index is -1.27. The average Bonchev–Trinajstić information content (AvgIpc) is 4.29. The fraction of sp³-hybridized carbons (Fsp3) is 0.0571. The summed E-state index contributed by atoms with van der Waals surface area (Å²) in [6.45, 7) is 0. The molecule has 9 aliphatic rings. The van der Waals surface area contributed by atoms with Gasteiger partial charge in [0.15, 0.2) is 0 Å². The molecule has 0 radical (unpaired) electrons. The summed E-state index contributed by atoms with van der Waals surface area (Å²) in [4.78, 5) is 12.4. The summed E-state index contributed by atoms with van der Waals surface area (Å²) in [5.41, 5.74) is 24.9. The predicted molar refractivity (Wildman–Crippen MR) is 312 cm³/mol. The zero-order valence-corrected chi connectivity index (χ0v) is 44.1. The number of fused-ring (bicyclic) bond motifs is 14. The van der Waals surface area contributed by atoms with Gasteiger partial charge in [-0.15, -0.1) is 0 Å². The Balaban J connectivity index is 1.12. The summed E-state index contributed by atoms with van der Waals surface area (Å²) < 4.78 is 8.66. The molecule has 0 fully saturated rings. The maximum absolute atomic E-state index is 6.32. The molecule has 0 saturated carbocycles. The number of aryl methyl sites for hydroxylation is 4. The summed E-state index contributed by atoms with van der Waals surface area (Å²) in [7, 11) is 0. The molecule has 0 amide bonds. The van der Waals surface area contributed by atoms with Crippen molar-refractivity contribution in [1.82, 2.24) is 0 Å². The van der Waals surface area contributed by atoms with Crippen LogP contribution in [0.25, 0.3) is 44.5 Å². The van der Waals surface area contributed by atoms with Crippen LogP contribution < -0.4 is 24.5 Å². The first-order valence-electron chi connectivity index (χ1n) is 26.4. The Kier molecular flexibility index (Phi) is 10.2. The number of nitrogens with zero attached hydrogens (tertiary/aromatic N) is 5. The molecule has 7 heteroatoms. The van der Waals surface area contributed by atoms with E-state index in [0.29, 0.717) is 5.88 Å². The molecule has 77 heavy (non-hydrogen) atoms. The van der Waals surface area contributed by atoms with Crippen LogP contribution in [0.3, 0.4) is 0 Å². The van der Waals surface area contributed by atoms with Crippen LogP contribution in [0.4, 0.5) is 62.8 Å². The number of benzene rings is 10. The van der Waals surface area contributed by atoms with Crippen LogP contribution in [0.1, 0.15) is 22.3 Å². The molecule has 1 aromatic heterocycles. The molecule has 10 heterocycles. The first kappa shape index (κ1) is 44.2. The summed E-state index contributed by atoms with van der Waals surface area (Å²) >= 11 is -1.27. The van der Waals surface area contributed by atoms with E-state index in [1.165, 1.54) is 75.1 Å². The zero-order valence-electron chi connectivity index (χ0n) is 41.8. The topological polar surface area (TPSA) is 29.3 Å². The van der Waals surface area contributed by atoms with Crippen molar-refractivity contribution in [1.29, 1.82) is 0 Å². The monoisotopic (exact) mass is 1170 g/mol. The Morgan fingerprint density at radius 1 is 0.299 bits per heavy atom. The van der Waals surface area contributed by atoms with Gasteiger partial charge < -0.3 is 0 Å². The van der Waals surface area contributed by atoms with Crippen LogP contribution in [0.5, 0.6) is 0 Å². The van der Waals surface area contributed by atoms with Crippen molar-refractivity contribution >= 4 is 71.0 Å². The van der Waals surface area contributed by atoms with E-state index in [4.69, 9.17) is 4.42 Å². The van der Waals surface area contributed by atoms with Gasteiger partial charge in [-0.2, -0.15) is 0 Å². The molecule has 0 spiro atoms. The molecule has 6 nitrogen and oxygen atoms in total. The van der Waals surface area contributed by atoms with Gasteiger partial charge in [-0.1, -0.05) is 0 Å². The van der Waals surface area contributed by atoms with Gasteiger partial charge in [0.1, 0.15) is 0 Å². The van der Waals surface area contributed by atoms with Crippen LogP contribution in [-0.2, 0) is 43.3 Å². The van der Waals surface area contributed by atoms with Crippen molar-refractivity contribution in [2.75, 3.05) is 24.5 Å². The molecule has 20 rings (SSSR count). The molecule has 370 valence electrons. The number of furan rings is 1. The SMILES string of the molecule is [c-]1c2cccc1N(c1ccco1)c1[c-]c(ccc1)N1[C]3=[Pt]=[C]4N2c2ccccc2N4c2c4cccc2-c2ccc(cc2)CCc2ccc(cc2)-c2cccc(c2N3c2ccccc21)-c1ccc(cc1)CCc1ccc-4cc1. The average molecular weight is 1170 g/mol. The van der Waals surface area contributed by atoms with E-state index in [2.05, 4.69) is 255 Å². The molecule has 10 aromatic carbocycles. The molecule has 0 atom stereocenters. The van der Waals surface area contributed by atoms with Gasteiger partial charge in [-0.25, -0.2) is 0 Å². The fourth-order valence-electron chi connectivity index (χ4n) is 12.0. The van der Waals surface area contributed by atoms with Gasteiger partial charge in [0, 0.05) is 0 Å². The van der Waals surface area contributed by atoms with Crippen molar-refractivity contribution < 1.29 is 22.1 Å². The van der Waals surface area contributed by atoms with E-state index in [9.17, 15) is 0 Å². The molecule has 9 aliphatic heterocycles. The second kappa shape index (κ2) is 17.8. The van der Waals surface area contributed by atoms with Crippen molar-refractivity contribution in [2.24, 2.45) is 0 Å². The van der Waals surface area contributed by atoms with Gasteiger partial charge >= 0.3 is 459 Å². The number of para-hydroxylation sites is 6. The van der Waals surface area contributed by atoms with Gasteiger partial charge in [0.25, 0.3) is 0 Å². The molecular formula is C70H47N5OPt-2. The molecular weight excluding hydrogens is 1120 g/mol. The van der Waals surface area contributed by atoms with Crippen LogP contribution in [-0.4, -0.2) is 8.29 Å². The Labute approximate surface area is 456 Å². The number of hydrogen-bond donors (Lipinski definition) is 0. The predicted octanol–water partition coefficient (Wildman–Crippen LogP) is 17.1. The summed E-state index contributed by atoms with van der Waals surface area (Å²) in [5.74, 6) is 0.677. The standard InChI is InChI=1S/C70H47N5O.Pt/c1-3-20-66-64(18-1)71-46-73(66)69-60-14-7-15-61(69)53-37-29-49(30-38-53)24-26-51-33-41-55(42-34-51)63-17-8-16-62(54-39-31-50(32-40-54)25-23-48-27-35-52(60)36-28-48)70(63)74-47-72(65-19-2-4-21-67(65)74)57-11-6-13-59(45-57)75(68-22-9-43-76-68)58-12-5-10-56(71)44-58;/h1-22,27-43H,23-26H2;/q-2;. The zero-order chi connectivity index (χ0) is 50.6.